The Morgan fingerprint density at radius 2 is 1.71 bits per heavy atom. The fourth-order valence-electron chi connectivity index (χ4n) is 2.62. The molecule has 2 heteroatoms. The minimum absolute atomic E-state index is 0.353. The number of aliphatic hydroxyl groups is 1. The molecule has 3 aromatic carbocycles. The van der Waals surface area contributed by atoms with Crippen LogP contribution in [0.1, 0.15) is 22.8 Å². The number of fused-ring (bicyclic) bond motifs is 1. The van der Waals surface area contributed by atoms with Crippen LogP contribution in [-0.4, -0.2) is 5.11 Å². The molecule has 21 heavy (non-hydrogen) atoms. The molecule has 0 aliphatic carbocycles. The lowest BCUT2D eigenvalue weighted by Crippen LogP contribution is -2.04. The predicted octanol–water partition coefficient (Wildman–Crippen LogP) is 4.56. The van der Waals surface area contributed by atoms with Crippen molar-refractivity contribution in [2.24, 2.45) is 0 Å². The van der Waals surface area contributed by atoms with Gasteiger partial charge in [-0.3, -0.25) is 0 Å². The maximum Gasteiger partial charge on any atom is 0.129 e. The molecular formula is C19H17FO. The summed E-state index contributed by atoms with van der Waals surface area (Å²) in [6, 6.07) is 19.0. The first-order valence-electron chi connectivity index (χ1n) is 7.05. The van der Waals surface area contributed by atoms with Gasteiger partial charge in [0, 0.05) is 12.0 Å². The second-order valence-corrected chi connectivity index (χ2v) is 5.43. The van der Waals surface area contributed by atoms with E-state index in [0.29, 0.717) is 12.0 Å². The van der Waals surface area contributed by atoms with E-state index in [9.17, 15) is 9.50 Å². The summed E-state index contributed by atoms with van der Waals surface area (Å²) in [4.78, 5) is 0. The third-order valence-electron chi connectivity index (χ3n) is 3.75. The standard InChI is InChI=1S/C19H17FO/c1-13-6-9-18(20)17(10-13)19(21)12-14-7-8-15-4-2-3-5-16(15)11-14/h2-11,19,21H,12H2,1H3. The van der Waals surface area contributed by atoms with Gasteiger partial charge >= 0.3 is 0 Å². The molecule has 0 aromatic heterocycles. The zero-order valence-corrected chi connectivity index (χ0v) is 11.9. The van der Waals surface area contributed by atoms with Crippen molar-refractivity contribution in [1.82, 2.24) is 0 Å². The molecule has 106 valence electrons. The van der Waals surface area contributed by atoms with Crippen LogP contribution in [0.4, 0.5) is 4.39 Å². The molecule has 1 N–H and O–H groups in total. The summed E-state index contributed by atoms with van der Waals surface area (Å²) in [5.41, 5.74) is 2.31. The van der Waals surface area contributed by atoms with E-state index in [2.05, 4.69) is 6.07 Å². The summed E-state index contributed by atoms with van der Waals surface area (Å²) in [6.07, 6.45) is -0.420. The fraction of sp³-hybridized carbons (Fsp3) is 0.158. The number of halogens is 1. The van der Waals surface area contributed by atoms with Gasteiger partial charge in [-0.25, -0.2) is 4.39 Å². The van der Waals surface area contributed by atoms with Gasteiger partial charge in [-0.05, 0) is 29.3 Å². The summed E-state index contributed by atoms with van der Waals surface area (Å²) < 4.78 is 13.8. The van der Waals surface area contributed by atoms with Gasteiger partial charge in [0.2, 0.25) is 0 Å². The highest BCUT2D eigenvalue weighted by molar-refractivity contribution is 5.83. The number of aryl methyl sites for hydroxylation is 1. The lowest BCUT2D eigenvalue weighted by Gasteiger charge is -2.13. The maximum absolute atomic E-state index is 13.8. The SMILES string of the molecule is Cc1ccc(F)c(C(O)Cc2ccc3ccccc3c2)c1. The van der Waals surface area contributed by atoms with Crippen molar-refractivity contribution in [2.75, 3.05) is 0 Å². The monoisotopic (exact) mass is 280 g/mol. The minimum atomic E-state index is -0.828. The molecule has 1 unspecified atom stereocenters. The van der Waals surface area contributed by atoms with Crippen molar-refractivity contribution in [3.63, 3.8) is 0 Å². The predicted molar refractivity (Wildman–Crippen MR) is 83.7 cm³/mol. The summed E-state index contributed by atoms with van der Waals surface area (Å²) in [7, 11) is 0. The van der Waals surface area contributed by atoms with Crippen molar-refractivity contribution < 1.29 is 9.50 Å². The normalized spacial score (nSPS) is 12.5. The minimum Gasteiger partial charge on any atom is -0.388 e. The zero-order valence-electron chi connectivity index (χ0n) is 11.9. The number of aliphatic hydroxyl groups excluding tert-OH is 1. The molecule has 0 heterocycles. The first-order chi connectivity index (χ1) is 10.1. The number of rotatable bonds is 3. The highest BCUT2D eigenvalue weighted by Crippen LogP contribution is 2.24. The molecule has 0 bridgehead atoms. The molecule has 0 aliphatic rings. The van der Waals surface area contributed by atoms with Crippen LogP contribution in [0.15, 0.2) is 60.7 Å². The fourth-order valence-corrected chi connectivity index (χ4v) is 2.62. The zero-order chi connectivity index (χ0) is 14.8. The third-order valence-corrected chi connectivity index (χ3v) is 3.75. The van der Waals surface area contributed by atoms with Gasteiger partial charge in [-0.15, -0.1) is 0 Å². The first kappa shape index (κ1) is 13.8. The van der Waals surface area contributed by atoms with Crippen LogP contribution in [0.3, 0.4) is 0 Å². The van der Waals surface area contributed by atoms with E-state index in [4.69, 9.17) is 0 Å². The molecule has 0 fully saturated rings. The largest absolute Gasteiger partial charge is 0.388 e. The first-order valence-corrected chi connectivity index (χ1v) is 7.05. The van der Waals surface area contributed by atoms with Gasteiger partial charge in [0.15, 0.2) is 0 Å². The molecular weight excluding hydrogens is 263 g/mol. The van der Waals surface area contributed by atoms with E-state index >= 15 is 0 Å². The second-order valence-electron chi connectivity index (χ2n) is 5.43. The lowest BCUT2D eigenvalue weighted by atomic mass is 9.98. The molecule has 0 saturated heterocycles. The van der Waals surface area contributed by atoms with E-state index in [0.717, 1.165) is 21.9 Å². The van der Waals surface area contributed by atoms with Gasteiger partial charge in [0.1, 0.15) is 5.82 Å². The van der Waals surface area contributed by atoms with Crippen molar-refractivity contribution in [3.05, 3.63) is 83.2 Å². The van der Waals surface area contributed by atoms with E-state index in [1.54, 1.807) is 12.1 Å². The van der Waals surface area contributed by atoms with Crippen LogP contribution < -0.4 is 0 Å². The van der Waals surface area contributed by atoms with Gasteiger partial charge < -0.3 is 5.11 Å². The quantitative estimate of drug-likeness (QED) is 0.745. The van der Waals surface area contributed by atoms with Crippen LogP contribution in [0.25, 0.3) is 10.8 Å². The van der Waals surface area contributed by atoms with Crippen LogP contribution in [-0.2, 0) is 6.42 Å². The molecule has 0 spiro atoms. The maximum atomic E-state index is 13.8. The summed E-state index contributed by atoms with van der Waals surface area (Å²) >= 11 is 0. The smallest absolute Gasteiger partial charge is 0.129 e. The highest BCUT2D eigenvalue weighted by atomic mass is 19.1. The van der Waals surface area contributed by atoms with Gasteiger partial charge in [-0.2, -0.15) is 0 Å². The van der Waals surface area contributed by atoms with Crippen LogP contribution in [0.5, 0.6) is 0 Å². The molecule has 3 aromatic rings. The van der Waals surface area contributed by atoms with Crippen molar-refractivity contribution >= 4 is 10.8 Å². The van der Waals surface area contributed by atoms with Crippen molar-refractivity contribution in [3.8, 4) is 0 Å². The number of hydrogen-bond donors (Lipinski definition) is 1. The Kier molecular flexibility index (Phi) is 3.72. The molecule has 0 radical (unpaired) electrons. The van der Waals surface area contributed by atoms with Crippen LogP contribution in [0.2, 0.25) is 0 Å². The number of benzene rings is 3. The Balaban J connectivity index is 1.88. The Morgan fingerprint density at radius 3 is 2.52 bits per heavy atom. The summed E-state index contributed by atoms with van der Waals surface area (Å²) in [6.45, 7) is 1.89. The van der Waals surface area contributed by atoms with E-state index in [-0.39, 0.29) is 5.82 Å². The van der Waals surface area contributed by atoms with Gasteiger partial charge in [0.05, 0.1) is 6.10 Å². The second kappa shape index (κ2) is 5.66. The Bertz CT molecular complexity index is 779. The molecule has 0 saturated carbocycles. The topological polar surface area (TPSA) is 20.2 Å². The Labute approximate surface area is 123 Å². The lowest BCUT2D eigenvalue weighted by molar-refractivity contribution is 0.173. The molecule has 0 aliphatic heterocycles. The highest BCUT2D eigenvalue weighted by Gasteiger charge is 2.13. The third kappa shape index (κ3) is 2.96. The number of hydrogen-bond acceptors (Lipinski definition) is 1. The Hall–Kier alpha value is -2.19. The molecule has 1 atom stereocenters. The van der Waals surface area contributed by atoms with Crippen molar-refractivity contribution in [2.45, 2.75) is 19.4 Å². The Morgan fingerprint density at radius 1 is 0.952 bits per heavy atom. The average Bonchev–Trinajstić information content (AvgIpc) is 2.49. The molecule has 0 amide bonds. The van der Waals surface area contributed by atoms with E-state index < -0.39 is 6.10 Å². The summed E-state index contributed by atoms with van der Waals surface area (Å²) in [5, 5.41) is 12.6. The van der Waals surface area contributed by atoms with Crippen LogP contribution >= 0.6 is 0 Å². The summed E-state index contributed by atoms with van der Waals surface area (Å²) in [5.74, 6) is -0.353. The van der Waals surface area contributed by atoms with Gasteiger partial charge in [0.25, 0.3) is 0 Å². The molecule has 3 rings (SSSR count). The average molecular weight is 280 g/mol. The van der Waals surface area contributed by atoms with E-state index in [1.165, 1.54) is 6.07 Å². The molecule has 1 nitrogen and oxygen atoms in total. The van der Waals surface area contributed by atoms with Crippen LogP contribution in [0, 0.1) is 12.7 Å². The van der Waals surface area contributed by atoms with Crippen molar-refractivity contribution in [1.29, 1.82) is 0 Å². The van der Waals surface area contributed by atoms with E-state index in [1.807, 2.05) is 43.3 Å². The van der Waals surface area contributed by atoms with Gasteiger partial charge in [-0.1, -0.05) is 60.2 Å².